The van der Waals surface area contributed by atoms with Crippen molar-refractivity contribution in [2.45, 2.75) is 0 Å². The Morgan fingerprint density at radius 2 is 0.742 bits per heavy atom. The summed E-state index contributed by atoms with van der Waals surface area (Å²) in [7, 11) is 0. The number of hydrogen-bond donors (Lipinski definition) is 0. The van der Waals surface area contributed by atoms with Crippen molar-refractivity contribution >= 4 is 38.9 Å². The van der Waals surface area contributed by atoms with Crippen molar-refractivity contribution in [3.05, 3.63) is 255 Å². The number of nitrogens with zero attached hydrogens (tertiary/aromatic N) is 2. The van der Waals surface area contributed by atoms with E-state index in [1.165, 1.54) is 55.3 Å². The first-order valence-corrected chi connectivity index (χ1v) is 21.3. The molecule has 0 N–H and O–H groups in total. The van der Waals surface area contributed by atoms with Crippen molar-refractivity contribution < 1.29 is 0 Å². The van der Waals surface area contributed by atoms with Crippen LogP contribution in [0.25, 0.3) is 83.1 Å². The molecule has 1 heterocycles. The Morgan fingerprint density at radius 3 is 1.44 bits per heavy atom. The normalized spacial score (nSPS) is 11.2. The summed E-state index contributed by atoms with van der Waals surface area (Å²) in [5.74, 6) is 0. The highest BCUT2D eigenvalue weighted by atomic mass is 15.2. The van der Waals surface area contributed by atoms with E-state index in [0.717, 1.165) is 44.9 Å². The molecule has 0 atom stereocenters. The van der Waals surface area contributed by atoms with Crippen molar-refractivity contribution in [3.8, 4) is 61.3 Å². The molecule has 2 heteroatoms. The van der Waals surface area contributed by atoms with Crippen LogP contribution in [0.3, 0.4) is 0 Å². The van der Waals surface area contributed by atoms with Crippen LogP contribution in [0.15, 0.2) is 255 Å². The Morgan fingerprint density at radius 1 is 0.274 bits per heavy atom. The zero-order valence-electron chi connectivity index (χ0n) is 34.1. The van der Waals surface area contributed by atoms with Crippen LogP contribution in [0.5, 0.6) is 0 Å². The maximum Gasteiger partial charge on any atom is 0.0562 e. The first kappa shape index (κ1) is 36.8. The minimum Gasteiger partial charge on any atom is -0.309 e. The van der Waals surface area contributed by atoms with Crippen LogP contribution >= 0.6 is 0 Å². The van der Waals surface area contributed by atoms with Gasteiger partial charge < -0.3 is 9.47 Å². The van der Waals surface area contributed by atoms with E-state index in [1.807, 2.05) is 0 Å². The van der Waals surface area contributed by atoms with Gasteiger partial charge in [0, 0.05) is 27.6 Å². The SMILES string of the molecule is c1ccc(-c2ccc(-c3ccccc3N(c3ccc(-c4ccccc4)c(-c4ccccc4)c3)c3cccc4c3c3ccccc3n4-c3ccccc3-c3ccccc3)cc2)cc1. The second kappa shape index (κ2) is 16.1. The van der Waals surface area contributed by atoms with Crippen LogP contribution < -0.4 is 4.90 Å². The highest BCUT2D eigenvalue weighted by Gasteiger charge is 2.25. The topological polar surface area (TPSA) is 8.17 Å². The average molecular weight is 791 g/mol. The van der Waals surface area contributed by atoms with Gasteiger partial charge in [0.05, 0.1) is 28.1 Å². The summed E-state index contributed by atoms with van der Waals surface area (Å²) in [5, 5.41) is 2.38. The van der Waals surface area contributed by atoms with E-state index < -0.39 is 0 Å². The van der Waals surface area contributed by atoms with E-state index in [2.05, 4.69) is 264 Å². The Hall–Kier alpha value is -8.20. The minimum absolute atomic E-state index is 1.07. The van der Waals surface area contributed by atoms with Crippen molar-refractivity contribution in [1.29, 1.82) is 0 Å². The number of anilines is 3. The van der Waals surface area contributed by atoms with Gasteiger partial charge in [0.15, 0.2) is 0 Å². The van der Waals surface area contributed by atoms with Gasteiger partial charge in [-0.2, -0.15) is 0 Å². The predicted octanol–water partition coefficient (Wildman–Crippen LogP) is 16.6. The summed E-state index contributed by atoms with van der Waals surface area (Å²) in [5.41, 5.74) is 18.5. The molecule has 0 spiro atoms. The molecular formula is C60H42N2. The molecule has 0 aliphatic carbocycles. The first-order valence-electron chi connectivity index (χ1n) is 21.3. The van der Waals surface area contributed by atoms with Crippen molar-refractivity contribution in [2.75, 3.05) is 4.90 Å². The molecule has 10 aromatic carbocycles. The smallest absolute Gasteiger partial charge is 0.0562 e. The van der Waals surface area contributed by atoms with Gasteiger partial charge in [-0.15, -0.1) is 0 Å². The molecule has 0 unspecified atom stereocenters. The van der Waals surface area contributed by atoms with Crippen molar-refractivity contribution in [2.24, 2.45) is 0 Å². The Balaban J connectivity index is 1.19. The molecule has 0 saturated heterocycles. The largest absolute Gasteiger partial charge is 0.309 e. The maximum absolute atomic E-state index is 2.49. The summed E-state index contributed by atoms with van der Waals surface area (Å²) in [6, 6.07) is 92.1. The van der Waals surface area contributed by atoms with E-state index in [-0.39, 0.29) is 0 Å². The third-order valence-electron chi connectivity index (χ3n) is 12.0. The summed E-state index contributed by atoms with van der Waals surface area (Å²) >= 11 is 0. The molecule has 292 valence electrons. The summed E-state index contributed by atoms with van der Waals surface area (Å²) in [4.78, 5) is 2.49. The monoisotopic (exact) mass is 790 g/mol. The number of hydrogen-bond acceptors (Lipinski definition) is 1. The van der Waals surface area contributed by atoms with E-state index in [1.54, 1.807) is 0 Å². The van der Waals surface area contributed by atoms with Crippen LogP contribution in [-0.4, -0.2) is 4.57 Å². The Bertz CT molecular complexity index is 3310. The van der Waals surface area contributed by atoms with Crippen LogP contribution in [0, 0.1) is 0 Å². The molecule has 0 bridgehead atoms. The molecule has 0 amide bonds. The molecule has 0 aliphatic heterocycles. The molecule has 0 aliphatic rings. The minimum atomic E-state index is 1.07. The third-order valence-corrected chi connectivity index (χ3v) is 12.0. The number of fused-ring (bicyclic) bond motifs is 3. The zero-order chi connectivity index (χ0) is 41.2. The van der Waals surface area contributed by atoms with Gasteiger partial charge in [0.1, 0.15) is 0 Å². The van der Waals surface area contributed by atoms with Crippen LogP contribution in [0.1, 0.15) is 0 Å². The lowest BCUT2D eigenvalue weighted by Crippen LogP contribution is -2.12. The number of rotatable bonds is 9. The Labute approximate surface area is 362 Å². The maximum atomic E-state index is 2.49. The Kier molecular flexibility index (Phi) is 9.57. The highest BCUT2D eigenvalue weighted by Crippen LogP contribution is 2.48. The van der Waals surface area contributed by atoms with Gasteiger partial charge in [-0.3, -0.25) is 0 Å². The van der Waals surface area contributed by atoms with Gasteiger partial charge in [0.2, 0.25) is 0 Å². The molecule has 62 heavy (non-hydrogen) atoms. The van der Waals surface area contributed by atoms with Crippen LogP contribution in [0.4, 0.5) is 17.1 Å². The molecule has 0 fully saturated rings. The van der Waals surface area contributed by atoms with Gasteiger partial charge in [-0.25, -0.2) is 0 Å². The molecule has 2 nitrogen and oxygen atoms in total. The van der Waals surface area contributed by atoms with Crippen molar-refractivity contribution in [1.82, 2.24) is 4.57 Å². The fourth-order valence-corrected chi connectivity index (χ4v) is 9.17. The highest BCUT2D eigenvalue weighted by molar-refractivity contribution is 6.17. The third kappa shape index (κ3) is 6.65. The van der Waals surface area contributed by atoms with Crippen LogP contribution in [-0.2, 0) is 0 Å². The zero-order valence-corrected chi connectivity index (χ0v) is 34.1. The number of para-hydroxylation sites is 3. The molecule has 11 aromatic rings. The number of benzene rings is 10. The van der Waals surface area contributed by atoms with E-state index in [0.29, 0.717) is 0 Å². The average Bonchev–Trinajstić information content (AvgIpc) is 3.70. The molecular weight excluding hydrogens is 749 g/mol. The molecule has 1 aromatic heterocycles. The lowest BCUT2D eigenvalue weighted by Gasteiger charge is -2.30. The molecule has 0 radical (unpaired) electrons. The lowest BCUT2D eigenvalue weighted by molar-refractivity contribution is 1.18. The lowest BCUT2D eigenvalue weighted by atomic mass is 9.93. The standard InChI is InChI=1S/C60H42N2/c1-5-20-43(21-6-1)44-36-38-48(39-37-44)52-29-13-16-31-55(52)61(49-40-41-50(45-22-7-2-8-23-45)54(42-49)47-26-11-4-12-27-47)58-34-19-35-59-60(58)53-30-15-18-33-57(53)62(59)56-32-17-14-28-51(56)46-24-9-3-10-25-46/h1-42H. The number of aromatic nitrogens is 1. The first-order chi connectivity index (χ1) is 30.8. The van der Waals surface area contributed by atoms with E-state index >= 15 is 0 Å². The summed E-state index contributed by atoms with van der Waals surface area (Å²) < 4.78 is 2.46. The van der Waals surface area contributed by atoms with Crippen molar-refractivity contribution in [3.63, 3.8) is 0 Å². The van der Waals surface area contributed by atoms with Crippen LogP contribution in [0.2, 0.25) is 0 Å². The summed E-state index contributed by atoms with van der Waals surface area (Å²) in [6.45, 7) is 0. The second-order valence-corrected chi connectivity index (χ2v) is 15.7. The second-order valence-electron chi connectivity index (χ2n) is 15.7. The predicted molar refractivity (Wildman–Crippen MR) is 263 cm³/mol. The van der Waals surface area contributed by atoms with Gasteiger partial charge in [-0.1, -0.05) is 212 Å². The molecule has 0 saturated carbocycles. The van der Waals surface area contributed by atoms with Gasteiger partial charge in [0.25, 0.3) is 0 Å². The summed E-state index contributed by atoms with van der Waals surface area (Å²) in [6.07, 6.45) is 0. The van der Waals surface area contributed by atoms with Gasteiger partial charge in [-0.05, 0) is 87.0 Å². The molecule has 11 rings (SSSR count). The quantitative estimate of drug-likeness (QED) is 0.141. The fourth-order valence-electron chi connectivity index (χ4n) is 9.17. The van der Waals surface area contributed by atoms with E-state index in [4.69, 9.17) is 0 Å². The fraction of sp³-hybridized carbons (Fsp3) is 0. The van der Waals surface area contributed by atoms with Gasteiger partial charge >= 0.3 is 0 Å². The van der Waals surface area contributed by atoms with E-state index in [9.17, 15) is 0 Å².